The minimum Gasteiger partial charge on any atom is -0.316 e. The van der Waals surface area contributed by atoms with Gasteiger partial charge in [-0.05, 0) is 31.5 Å². The van der Waals surface area contributed by atoms with Gasteiger partial charge in [-0.2, -0.15) is 0 Å². The van der Waals surface area contributed by atoms with Gasteiger partial charge in [0.1, 0.15) is 5.01 Å². The molecule has 0 radical (unpaired) electrons. The molecule has 1 aliphatic rings. The highest BCUT2D eigenvalue weighted by Gasteiger charge is 2.18. The van der Waals surface area contributed by atoms with E-state index in [-0.39, 0.29) is 0 Å². The Labute approximate surface area is 120 Å². The summed E-state index contributed by atoms with van der Waals surface area (Å²) in [5, 5.41) is 6.79. The summed E-state index contributed by atoms with van der Waals surface area (Å²) in [7, 11) is 0. The Morgan fingerprint density at radius 3 is 3.11 bits per heavy atom. The van der Waals surface area contributed by atoms with Crippen LogP contribution in [0.15, 0.2) is 34.1 Å². The Morgan fingerprint density at radius 1 is 1.39 bits per heavy atom. The minimum atomic E-state index is 0.593. The van der Waals surface area contributed by atoms with Gasteiger partial charge in [0, 0.05) is 27.9 Å². The summed E-state index contributed by atoms with van der Waals surface area (Å²) >= 11 is 5.25. The van der Waals surface area contributed by atoms with Gasteiger partial charge in [0.15, 0.2) is 0 Å². The van der Waals surface area contributed by atoms with Crippen molar-refractivity contribution in [1.29, 1.82) is 0 Å². The van der Waals surface area contributed by atoms with Gasteiger partial charge >= 0.3 is 0 Å². The average Bonchev–Trinajstić information content (AvgIpc) is 2.89. The van der Waals surface area contributed by atoms with E-state index in [2.05, 4.69) is 44.8 Å². The number of aromatic nitrogens is 1. The first-order valence-corrected chi connectivity index (χ1v) is 7.92. The van der Waals surface area contributed by atoms with Gasteiger partial charge in [-0.1, -0.05) is 28.1 Å². The van der Waals surface area contributed by atoms with Gasteiger partial charge in [-0.3, -0.25) is 0 Å². The number of rotatable bonds is 2. The lowest BCUT2D eigenvalue weighted by Crippen LogP contribution is -2.28. The molecule has 1 fully saturated rings. The lowest BCUT2D eigenvalue weighted by molar-refractivity contribution is 0.456. The third-order valence-corrected chi connectivity index (χ3v) is 4.71. The summed E-state index contributed by atoms with van der Waals surface area (Å²) in [5.74, 6) is 0.593. The second-order valence-electron chi connectivity index (χ2n) is 4.63. The number of hydrogen-bond acceptors (Lipinski definition) is 3. The van der Waals surface area contributed by atoms with Crippen LogP contribution >= 0.6 is 27.3 Å². The molecule has 0 amide bonds. The molecule has 0 bridgehead atoms. The van der Waals surface area contributed by atoms with Crippen molar-refractivity contribution in [2.24, 2.45) is 0 Å². The molecule has 1 aromatic heterocycles. The van der Waals surface area contributed by atoms with Crippen molar-refractivity contribution in [3.63, 3.8) is 0 Å². The molecule has 18 heavy (non-hydrogen) atoms. The summed E-state index contributed by atoms with van der Waals surface area (Å²) in [6, 6.07) is 8.35. The van der Waals surface area contributed by atoms with Gasteiger partial charge in [0.2, 0.25) is 0 Å². The fourth-order valence-corrected chi connectivity index (χ4v) is 3.63. The largest absolute Gasteiger partial charge is 0.316 e. The van der Waals surface area contributed by atoms with Crippen molar-refractivity contribution < 1.29 is 0 Å². The van der Waals surface area contributed by atoms with Crippen LogP contribution in [0.5, 0.6) is 0 Å². The van der Waals surface area contributed by atoms with E-state index < -0.39 is 0 Å². The quantitative estimate of drug-likeness (QED) is 0.902. The Balaban J connectivity index is 1.84. The Kier molecular flexibility index (Phi) is 3.77. The number of halogens is 1. The fourth-order valence-electron chi connectivity index (χ4n) is 2.33. The number of benzene rings is 1. The predicted molar refractivity (Wildman–Crippen MR) is 80.1 cm³/mol. The maximum atomic E-state index is 4.80. The maximum Gasteiger partial charge on any atom is 0.123 e. The topological polar surface area (TPSA) is 24.9 Å². The molecule has 2 aromatic rings. The van der Waals surface area contributed by atoms with Crippen molar-refractivity contribution in [3.05, 3.63) is 39.8 Å². The van der Waals surface area contributed by atoms with E-state index in [1.165, 1.54) is 24.1 Å². The molecule has 1 aromatic carbocycles. The number of nitrogens with zero attached hydrogens (tertiary/aromatic N) is 1. The summed E-state index contributed by atoms with van der Waals surface area (Å²) in [4.78, 5) is 4.80. The summed E-state index contributed by atoms with van der Waals surface area (Å²) in [5.41, 5.74) is 2.45. The van der Waals surface area contributed by atoms with E-state index in [0.29, 0.717) is 5.92 Å². The summed E-state index contributed by atoms with van der Waals surface area (Å²) in [6.45, 7) is 2.22. The molecule has 4 heteroatoms. The van der Waals surface area contributed by atoms with E-state index in [4.69, 9.17) is 4.98 Å². The van der Waals surface area contributed by atoms with Gasteiger partial charge in [0.05, 0.1) is 5.69 Å². The van der Waals surface area contributed by atoms with Crippen molar-refractivity contribution in [1.82, 2.24) is 10.3 Å². The first kappa shape index (κ1) is 12.3. The van der Waals surface area contributed by atoms with Crippen LogP contribution < -0.4 is 5.32 Å². The van der Waals surface area contributed by atoms with Crippen molar-refractivity contribution >= 4 is 27.3 Å². The van der Waals surface area contributed by atoms with Crippen LogP contribution in [0.2, 0.25) is 0 Å². The number of thiazole rings is 1. The van der Waals surface area contributed by atoms with Gasteiger partial charge in [-0.25, -0.2) is 4.98 Å². The van der Waals surface area contributed by atoms with E-state index in [9.17, 15) is 0 Å². The van der Waals surface area contributed by atoms with E-state index in [1.807, 2.05) is 6.07 Å². The zero-order chi connectivity index (χ0) is 12.4. The molecule has 1 N–H and O–H groups in total. The first-order chi connectivity index (χ1) is 8.83. The normalized spacial score (nSPS) is 19.9. The van der Waals surface area contributed by atoms with E-state index in [0.717, 1.165) is 22.6 Å². The zero-order valence-corrected chi connectivity index (χ0v) is 12.4. The second-order valence-corrected chi connectivity index (χ2v) is 6.40. The molecule has 1 saturated heterocycles. The molecule has 0 spiro atoms. The van der Waals surface area contributed by atoms with Gasteiger partial charge in [0.25, 0.3) is 0 Å². The van der Waals surface area contributed by atoms with Crippen LogP contribution in [0.25, 0.3) is 10.6 Å². The Hall–Kier alpha value is -0.710. The summed E-state index contributed by atoms with van der Waals surface area (Å²) < 4.78 is 1.11. The van der Waals surface area contributed by atoms with Crippen molar-refractivity contribution in [3.8, 4) is 10.6 Å². The molecule has 1 atom stereocenters. The molecular weight excluding hydrogens is 308 g/mol. The highest BCUT2D eigenvalue weighted by atomic mass is 79.9. The molecule has 2 nitrogen and oxygen atoms in total. The first-order valence-electron chi connectivity index (χ1n) is 6.25. The second kappa shape index (κ2) is 5.51. The highest BCUT2D eigenvalue weighted by Crippen LogP contribution is 2.30. The van der Waals surface area contributed by atoms with Crippen LogP contribution in [0, 0.1) is 0 Å². The zero-order valence-electron chi connectivity index (χ0n) is 10.0. The standard InChI is InChI=1S/C14H15BrN2S/c15-12-5-1-3-10(7-12)14-17-13(9-18-14)11-4-2-6-16-8-11/h1,3,5,7,9,11,16H,2,4,6,8H2. The van der Waals surface area contributed by atoms with Crippen molar-refractivity contribution in [2.45, 2.75) is 18.8 Å². The molecule has 3 rings (SSSR count). The van der Waals surface area contributed by atoms with Crippen LogP contribution in [-0.4, -0.2) is 18.1 Å². The van der Waals surface area contributed by atoms with E-state index >= 15 is 0 Å². The number of hydrogen-bond donors (Lipinski definition) is 1. The highest BCUT2D eigenvalue weighted by molar-refractivity contribution is 9.10. The molecule has 1 unspecified atom stereocenters. The maximum absolute atomic E-state index is 4.80. The van der Waals surface area contributed by atoms with Crippen molar-refractivity contribution in [2.75, 3.05) is 13.1 Å². The molecule has 0 aliphatic carbocycles. The fraction of sp³-hybridized carbons (Fsp3) is 0.357. The molecule has 1 aliphatic heterocycles. The SMILES string of the molecule is Brc1cccc(-c2nc(C3CCCNC3)cs2)c1. The smallest absolute Gasteiger partial charge is 0.123 e. The molecule has 2 heterocycles. The Bertz CT molecular complexity index is 532. The Morgan fingerprint density at radius 2 is 2.33 bits per heavy atom. The van der Waals surface area contributed by atoms with Crippen LogP contribution in [0.1, 0.15) is 24.5 Å². The summed E-state index contributed by atoms with van der Waals surface area (Å²) in [6.07, 6.45) is 2.52. The molecular formula is C14H15BrN2S. The third kappa shape index (κ3) is 2.66. The van der Waals surface area contributed by atoms with Crippen LogP contribution in [0.3, 0.4) is 0 Å². The van der Waals surface area contributed by atoms with Gasteiger partial charge < -0.3 is 5.32 Å². The molecule has 94 valence electrons. The third-order valence-electron chi connectivity index (χ3n) is 3.31. The number of nitrogens with one attached hydrogen (secondary N) is 1. The lowest BCUT2D eigenvalue weighted by Gasteiger charge is -2.20. The predicted octanol–water partition coefficient (Wildman–Crippen LogP) is 4.04. The van der Waals surface area contributed by atoms with Crippen LogP contribution in [-0.2, 0) is 0 Å². The van der Waals surface area contributed by atoms with E-state index in [1.54, 1.807) is 11.3 Å². The van der Waals surface area contributed by atoms with Crippen LogP contribution in [0.4, 0.5) is 0 Å². The lowest BCUT2D eigenvalue weighted by atomic mass is 9.97. The molecule has 0 saturated carbocycles. The minimum absolute atomic E-state index is 0.593. The number of piperidine rings is 1. The van der Waals surface area contributed by atoms with Gasteiger partial charge in [-0.15, -0.1) is 11.3 Å². The average molecular weight is 323 g/mol. The monoisotopic (exact) mass is 322 g/mol.